The summed E-state index contributed by atoms with van der Waals surface area (Å²) < 4.78 is 0. The van der Waals surface area contributed by atoms with Crippen molar-refractivity contribution in [1.29, 1.82) is 0 Å². The summed E-state index contributed by atoms with van der Waals surface area (Å²) in [6.07, 6.45) is 7.41. The van der Waals surface area contributed by atoms with Gasteiger partial charge in [0.25, 0.3) is 0 Å². The first-order valence-electron chi connectivity index (χ1n) is 4.30. The third-order valence-corrected chi connectivity index (χ3v) is 2.33. The zero-order chi connectivity index (χ0) is 8.32. The van der Waals surface area contributed by atoms with Gasteiger partial charge in [-0.15, -0.1) is 12.3 Å². The molecule has 0 aromatic heterocycles. The molecule has 1 nitrogen and oxygen atoms in total. The number of hydrogen-bond donors (Lipinski definition) is 0. The molecule has 1 saturated heterocycles. The van der Waals surface area contributed by atoms with Crippen molar-refractivity contribution in [3.63, 3.8) is 0 Å². The van der Waals surface area contributed by atoms with Crippen LogP contribution < -0.4 is 0 Å². The molecule has 0 atom stereocenters. The van der Waals surface area contributed by atoms with Crippen molar-refractivity contribution >= 4 is 0 Å². The lowest BCUT2D eigenvalue weighted by Crippen LogP contribution is -2.24. The van der Waals surface area contributed by atoms with E-state index in [-0.39, 0.29) is 0 Å². The van der Waals surface area contributed by atoms with Crippen LogP contribution in [-0.4, -0.2) is 24.5 Å². The SMILES string of the molecule is C#CCCN1CCC(C)(C)C1. The lowest BCUT2D eigenvalue weighted by atomic mass is 9.93. The number of nitrogens with zero attached hydrogens (tertiary/aromatic N) is 1. The van der Waals surface area contributed by atoms with Crippen molar-refractivity contribution < 1.29 is 0 Å². The van der Waals surface area contributed by atoms with Crippen molar-refractivity contribution in [3.05, 3.63) is 0 Å². The van der Waals surface area contributed by atoms with Crippen LogP contribution in [-0.2, 0) is 0 Å². The average Bonchev–Trinajstić information content (AvgIpc) is 2.26. The first-order chi connectivity index (χ1) is 5.14. The molecule has 0 bridgehead atoms. The maximum Gasteiger partial charge on any atom is 0.0214 e. The fourth-order valence-corrected chi connectivity index (χ4v) is 1.64. The van der Waals surface area contributed by atoms with E-state index in [1.54, 1.807) is 0 Å². The van der Waals surface area contributed by atoms with Gasteiger partial charge in [0, 0.05) is 19.5 Å². The van der Waals surface area contributed by atoms with E-state index in [1.807, 2.05) is 0 Å². The molecule has 0 spiro atoms. The second kappa shape index (κ2) is 3.28. The summed E-state index contributed by atoms with van der Waals surface area (Å²) in [6.45, 7) is 8.18. The molecule has 0 saturated carbocycles. The Morgan fingerprint density at radius 2 is 2.27 bits per heavy atom. The molecule has 1 aliphatic heterocycles. The number of likely N-dealkylation sites (tertiary alicyclic amines) is 1. The number of terminal acetylenes is 1. The Bertz CT molecular complexity index is 164. The maximum absolute atomic E-state index is 5.20. The summed E-state index contributed by atoms with van der Waals surface area (Å²) in [5, 5.41) is 0. The van der Waals surface area contributed by atoms with E-state index in [0.29, 0.717) is 5.41 Å². The fraction of sp³-hybridized carbons (Fsp3) is 0.800. The predicted molar refractivity (Wildman–Crippen MR) is 48.3 cm³/mol. The molecule has 1 rings (SSSR count). The summed E-state index contributed by atoms with van der Waals surface area (Å²) in [6, 6.07) is 0. The Morgan fingerprint density at radius 1 is 1.55 bits per heavy atom. The fourth-order valence-electron chi connectivity index (χ4n) is 1.64. The van der Waals surface area contributed by atoms with Gasteiger partial charge in [0.1, 0.15) is 0 Å². The first-order valence-corrected chi connectivity index (χ1v) is 4.30. The minimum absolute atomic E-state index is 0.522. The molecule has 0 aliphatic carbocycles. The van der Waals surface area contributed by atoms with Crippen LogP contribution in [0.2, 0.25) is 0 Å². The highest BCUT2D eigenvalue weighted by molar-refractivity contribution is 4.88. The zero-order valence-corrected chi connectivity index (χ0v) is 7.56. The lowest BCUT2D eigenvalue weighted by Gasteiger charge is -2.18. The van der Waals surface area contributed by atoms with Gasteiger partial charge >= 0.3 is 0 Å². The van der Waals surface area contributed by atoms with Crippen LogP contribution in [0.4, 0.5) is 0 Å². The molecule has 0 aromatic rings. The van der Waals surface area contributed by atoms with Gasteiger partial charge < -0.3 is 4.90 Å². The van der Waals surface area contributed by atoms with Gasteiger partial charge in [-0.1, -0.05) is 13.8 Å². The van der Waals surface area contributed by atoms with Crippen LogP contribution >= 0.6 is 0 Å². The summed E-state index contributed by atoms with van der Waals surface area (Å²) in [5.41, 5.74) is 0.522. The highest BCUT2D eigenvalue weighted by Crippen LogP contribution is 2.28. The molecule has 1 fully saturated rings. The molecular formula is C10H17N. The van der Waals surface area contributed by atoms with Gasteiger partial charge in [0.2, 0.25) is 0 Å². The van der Waals surface area contributed by atoms with E-state index in [4.69, 9.17) is 6.42 Å². The quantitative estimate of drug-likeness (QED) is 0.543. The smallest absolute Gasteiger partial charge is 0.0214 e. The molecule has 1 heteroatoms. The third kappa shape index (κ3) is 2.55. The van der Waals surface area contributed by atoms with Crippen molar-refractivity contribution in [2.24, 2.45) is 5.41 Å². The highest BCUT2D eigenvalue weighted by atomic mass is 15.1. The Labute approximate surface area is 69.8 Å². The molecule has 1 heterocycles. The van der Waals surface area contributed by atoms with Gasteiger partial charge in [-0.25, -0.2) is 0 Å². The minimum atomic E-state index is 0.522. The Hall–Kier alpha value is -0.480. The molecule has 1 aliphatic rings. The van der Waals surface area contributed by atoms with Gasteiger partial charge in [0.15, 0.2) is 0 Å². The van der Waals surface area contributed by atoms with Gasteiger partial charge in [0.05, 0.1) is 0 Å². The molecule has 0 N–H and O–H groups in total. The van der Waals surface area contributed by atoms with Crippen LogP contribution in [0.3, 0.4) is 0 Å². The second-order valence-electron chi connectivity index (χ2n) is 4.14. The largest absolute Gasteiger partial charge is 0.302 e. The van der Waals surface area contributed by atoms with Gasteiger partial charge in [-0.3, -0.25) is 0 Å². The number of hydrogen-bond acceptors (Lipinski definition) is 1. The van der Waals surface area contributed by atoms with Crippen molar-refractivity contribution in [2.45, 2.75) is 26.7 Å². The lowest BCUT2D eigenvalue weighted by molar-refractivity contribution is 0.297. The molecule has 0 aromatic carbocycles. The molecule has 11 heavy (non-hydrogen) atoms. The van der Waals surface area contributed by atoms with E-state index in [2.05, 4.69) is 24.7 Å². The third-order valence-electron chi connectivity index (χ3n) is 2.33. The molecule has 0 amide bonds. The summed E-state index contributed by atoms with van der Waals surface area (Å²) >= 11 is 0. The van der Waals surface area contributed by atoms with Gasteiger partial charge in [-0.05, 0) is 18.4 Å². The highest BCUT2D eigenvalue weighted by Gasteiger charge is 2.28. The first kappa shape index (κ1) is 8.62. The molecule has 0 unspecified atom stereocenters. The Kier molecular flexibility index (Phi) is 2.57. The van der Waals surface area contributed by atoms with Crippen LogP contribution in [0.1, 0.15) is 26.7 Å². The van der Waals surface area contributed by atoms with E-state index >= 15 is 0 Å². The van der Waals surface area contributed by atoms with Crippen molar-refractivity contribution in [2.75, 3.05) is 19.6 Å². The molecular weight excluding hydrogens is 134 g/mol. The summed E-state index contributed by atoms with van der Waals surface area (Å²) in [4.78, 5) is 2.46. The van der Waals surface area contributed by atoms with Crippen LogP contribution in [0, 0.1) is 17.8 Å². The monoisotopic (exact) mass is 151 g/mol. The Morgan fingerprint density at radius 3 is 2.73 bits per heavy atom. The van der Waals surface area contributed by atoms with Crippen molar-refractivity contribution in [3.8, 4) is 12.3 Å². The van der Waals surface area contributed by atoms with E-state index < -0.39 is 0 Å². The topological polar surface area (TPSA) is 3.24 Å². The van der Waals surface area contributed by atoms with Crippen LogP contribution in [0.15, 0.2) is 0 Å². The molecule has 62 valence electrons. The Balaban J connectivity index is 2.26. The summed E-state index contributed by atoms with van der Waals surface area (Å²) in [5.74, 6) is 2.68. The van der Waals surface area contributed by atoms with E-state index in [9.17, 15) is 0 Å². The van der Waals surface area contributed by atoms with E-state index in [0.717, 1.165) is 13.0 Å². The number of rotatable bonds is 2. The van der Waals surface area contributed by atoms with Crippen LogP contribution in [0.5, 0.6) is 0 Å². The van der Waals surface area contributed by atoms with Gasteiger partial charge in [-0.2, -0.15) is 0 Å². The normalized spacial score (nSPS) is 23.4. The molecule has 0 radical (unpaired) electrons. The summed E-state index contributed by atoms with van der Waals surface area (Å²) in [7, 11) is 0. The standard InChI is InChI=1S/C10H17N/c1-4-5-7-11-8-6-10(2,3)9-11/h1H,5-9H2,2-3H3. The average molecular weight is 151 g/mol. The predicted octanol–water partition coefficient (Wildman–Crippen LogP) is 1.74. The zero-order valence-electron chi connectivity index (χ0n) is 7.56. The maximum atomic E-state index is 5.20. The second-order valence-corrected chi connectivity index (χ2v) is 4.14. The van der Waals surface area contributed by atoms with E-state index in [1.165, 1.54) is 19.5 Å². The minimum Gasteiger partial charge on any atom is -0.302 e. The van der Waals surface area contributed by atoms with Crippen LogP contribution in [0.25, 0.3) is 0 Å². The van der Waals surface area contributed by atoms with Crippen molar-refractivity contribution in [1.82, 2.24) is 4.90 Å².